The van der Waals surface area contributed by atoms with E-state index in [0.29, 0.717) is 17.9 Å². The number of hydrogen-bond acceptors (Lipinski definition) is 4. The van der Waals surface area contributed by atoms with Gasteiger partial charge in [0.1, 0.15) is 5.75 Å². The number of rotatable bonds is 8. The predicted molar refractivity (Wildman–Crippen MR) is 127 cm³/mol. The largest absolute Gasteiger partial charge is 0.494 e. The van der Waals surface area contributed by atoms with E-state index in [1.807, 2.05) is 0 Å². The predicted octanol–water partition coefficient (Wildman–Crippen LogP) is 5.83. The zero-order valence-corrected chi connectivity index (χ0v) is 20.3. The summed E-state index contributed by atoms with van der Waals surface area (Å²) < 4.78 is 71.9. The van der Waals surface area contributed by atoms with Crippen molar-refractivity contribution in [2.24, 2.45) is 0 Å². The smallest absolute Gasteiger partial charge is 0.417 e. The maximum atomic E-state index is 13.1. The van der Waals surface area contributed by atoms with Gasteiger partial charge in [0.2, 0.25) is 10.0 Å². The highest BCUT2D eigenvalue weighted by molar-refractivity contribution is 7.89. The van der Waals surface area contributed by atoms with Gasteiger partial charge in [-0.05, 0) is 55.5 Å². The van der Waals surface area contributed by atoms with E-state index in [2.05, 4.69) is 5.32 Å². The Bertz CT molecular complexity index is 1320. The normalized spacial score (nSPS) is 12.0. The van der Waals surface area contributed by atoms with Crippen LogP contribution in [0.15, 0.2) is 71.6 Å². The average Bonchev–Trinajstić information content (AvgIpc) is 2.81. The Balaban J connectivity index is 1.88. The first kappa shape index (κ1) is 26.5. The fourth-order valence-electron chi connectivity index (χ4n) is 3.26. The molecule has 0 spiro atoms. The minimum atomic E-state index is -4.68. The van der Waals surface area contributed by atoms with Crippen molar-refractivity contribution >= 4 is 33.2 Å². The van der Waals surface area contributed by atoms with Gasteiger partial charge >= 0.3 is 6.18 Å². The molecule has 11 heteroatoms. The molecule has 35 heavy (non-hydrogen) atoms. The van der Waals surface area contributed by atoms with E-state index in [-0.39, 0.29) is 22.7 Å². The summed E-state index contributed by atoms with van der Waals surface area (Å²) in [7, 11) is -2.42. The summed E-state index contributed by atoms with van der Waals surface area (Å²) in [5, 5.41) is 1.93. The molecule has 3 rings (SSSR count). The van der Waals surface area contributed by atoms with Gasteiger partial charge < -0.3 is 10.1 Å². The second-order valence-corrected chi connectivity index (χ2v) is 9.93. The Labute approximate surface area is 206 Å². The third kappa shape index (κ3) is 6.33. The number of nitrogens with one attached hydrogen (secondary N) is 1. The molecule has 0 radical (unpaired) electrons. The minimum absolute atomic E-state index is 0.0917. The number of alkyl halides is 3. The molecule has 0 fully saturated rings. The molecule has 0 aromatic heterocycles. The molecule has 0 aliphatic heterocycles. The third-order valence-corrected chi connectivity index (χ3v) is 7.14. The van der Waals surface area contributed by atoms with Crippen LogP contribution in [0.3, 0.4) is 0 Å². The molecule has 0 unspecified atom stereocenters. The maximum absolute atomic E-state index is 13.1. The standard InChI is InChI=1S/C24H22ClF3N2O4S/c1-3-34-22-12-9-16(23(31)29-18-10-11-21(25)20(14-18)24(26,27)28)13-17(22)15-30(2)35(32,33)19-7-5-4-6-8-19/h4-14H,3,15H2,1-2H3,(H,29,31). The van der Waals surface area contributed by atoms with Gasteiger partial charge in [-0.15, -0.1) is 0 Å². The van der Waals surface area contributed by atoms with Crippen LogP contribution in [-0.2, 0) is 22.7 Å². The van der Waals surface area contributed by atoms with Crippen LogP contribution in [0.4, 0.5) is 18.9 Å². The van der Waals surface area contributed by atoms with Crippen molar-refractivity contribution in [1.82, 2.24) is 4.31 Å². The molecule has 0 heterocycles. The van der Waals surface area contributed by atoms with Gasteiger partial charge in [-0.1, -0.05) is 29.8 Å². The van der Waals surface area contributed by atoms with E-state index in [0.717, 1.165) is 16.4 Å². The molecule has 0 saturated heterocycles. The summed E-state index contributed by atoms with van der Waals surface area (Å²) in [4.78, 5) is 12.9. The summed E-state index contributed by atoms with van der Waals surface area (Å²) in [6, 6.07) is 15.3. The molecule has 1 N–H and O–H groups in total. The van der Waals surface area contributed by atoms with Crippen LogP contribution < -0.4 is 10.1 Å². The summed E-state index contributed by atoms with van der Waals surface area (Å²) >= 11 is 5.63. The van der Waals surface area contributed by atoms with E-state index in [1.165, 1.54) is 43.4 Å². The quantitative estimate of drug-likeness (QED) is 0.401. The van der Waals surface area contributed by atoms with E-state index >= 15 is 0 Å². The molecule has 0 aliphatic carbocycles. The molecule has 0 bridgehead atoms. The fraction of sp³-hybridized carbons (Fsp3) is 0.208. The second kappa shape index (κ2) is 10.7. The number of hydrogen-bond donors (Lipinski definition) is 1. The van der Waals surface area contributed by atoms with Crippen LogP contribution in [0.2, 0.25) is 5.02 Å². The number of benzene rings is 3. The Hall–Kier alpha value is -3.08. The van der Waals surface area contributed by atoms with Crippen LogP contribution in [0.1, 0.15) is 28.4 Å². The van der Waals surface area contributed by atoms with Crippen LogP contribution in [0, 0.1) is 0 Å². The van der Waals surface area contributed by atoms with Crippen LogP contribution in [0.5, 0.6) is 5.75 Å². The maximum Gasteiger partial charge on any atom is 0.417 e. The van der Waals surface area contributed by atoms with Gasteiger partial charge in [0.05, 0.1) is 22.1 Å². The zero-order valence-electron chi connectivity index (χ0n) is 18.8. The second-order valence-electron chi connectivity index (χ2n) is 7.48. The highest BCUT2D eigenvalue weighted by Crippen LogP contribution is 2.36. The minimum Gasteiger partial charge on any atom is -0.494 e. The topological polar surface area (TPSA) is 75.7 Å². The first-order valence-electron chi connectivity index (χ1n) is 10.4. The van der Waals surface area contributed by atoms with Crippen molar-refractivity contribution in [2.45, 2.75) is 24.5 Å². The number of carbonyl (C=O) groups is 1. The Morgan fingerprint density at radius 2 is 1.74 bits per heavy atom. The summed E-state index contributed by atoms with van der Waals surface area (Å²) in [6.07, 6.45) is -4.68. The zero-order chi connectivity index (χ0) is 25.8. The Kier molecular flexibility index (Phi) is 8.09. The SMILES string of the molecule is CCOc1ccc(C(=O)Nc2ccc(Cl)c(C(F)(F)F)c2)cc1CN(C)S(=O)(=O)c1ccccc1. The van der Waals surface area contributed by atoms with Gasteiger partial charge in [0.15, 0.2) is 0 Å². The molecule has 186 valence electrons. The third-order valence-electron chi connectivity index (χ3n) is 5.00. The Morgan fingerprint density at radius 1 is 1.06 bits per heavy atom. The lowest BCUT2D eigenvalue weighted by Gasteiger charge is -2.20. The molecular formula is C24H22ClF3N2O4S. The number of ether oxygens (including phenoxy) is 1. The lowest BCUT2D eigenvalue weighted by atomic mass is 10.1. The molecule has 0 saturated carbocycles. The van der Waals surface area contributed by atoms with Crippen molar-refractivity contribution in [3.05, 3.63) is 88.4 Å². The van der Waals surface area contributed by atoms with Crippen molar-refractivity contribution in [3.8, 4) is 5.75 Å². The first-order chi connectivity index (χ1) is 16.4. The van der Waals surface area contributed by atoms with E-state index in [9.17, 15) is 26.4 Å². The summed E-state index contributed by atoms with van der Waals surface area (Å²) in [6.45, 7) is 1.96. The van der Waals surface area contributed by atoms with E-state index in [1.54, 1.807) is 25.1 Å². The number of nitrogens with zero attached hydrogens (tertiary/aromatic N) is 1. The molecule has 3 aromatic carbocycles. The summed E-state index contributed by atoms with van der Waals surface area (Å²) in [5.74, 6) is -0.302. The van der Waals surface area contributed by atoms with E-state index < -0.39 is 32.7 Å². The summed E-state index contributed by atoms with van der Waals surface area (Å²) in [5.41, 5.74) is -0.644. The van der Waals surface area contributed by atoms with Crippen molar-refractivity contribution in [3.63, 3.8) is 0 Å². The molecule has 1 amide bonds. The number of amides is 1. The monoisotopic (exact) mass is 526 g/mol. The average molecular weight is 527 g/mol. The number of sulfonamides is 1. The highest BCUT2D eigenvalue weighted by atomic mass is 35.5. The van der Waals surface area contributed by atoms with E-state index in [4.69, 9.17) is 16.3 Å². The molecule has 0 aliphatic rings. The van der Waals surface area contributed by atoms with Gasteiger partial charge in [0.25, 0.3) is 5.91 Å². The number of anilines is 1. The van der Waals surface area contributed by atoms with Crippen LogP contribution in [0.25, 0.3) is 0 Å². The molecular weight excluding hydrogens is 505 g/mol. The highest BCUT2D eigenvalue weighted by Gasteiger charge is 2.33. The number of halogens is 4. The molecule has 6 nitrogen and oxygen atoms in total. The fourth-order valence-corrected chi connectivity index (χ4v) is 4.66. The Morgan fingerprint density at radius 3 is 2.37 bits per heavy atom. The van der Waals surface area contributed by atoms with Gasteiger partial charge in [-0.2, -0.15) is 17.5 Å². The van der Waals surface area contributed by atoms with Crippen molar-refractivity contribution in [1.29, 1.82) is 0 Å². The van der Waals surface area contributed by atoms with Gasteiger partial charge in [-0.25, -0.2) is 8.42 Å². The first-order valence-corrected chi connectivity index (χ1v) is 12.2. The lowest BCUT2D eigenvalue weighted by molar-refractivity contribution is -0.137. The van der Waals surface area contributed by atoms with Crippen LogP contribution >= 0.6 is 11.6 Å². The van der Waals surface area contributed by atoms with Crippen molar-refractivity contribution in [2.75, 3.05) is 19.0 Å². The number of carbonyl (C=O) groups excluding carboxylic acids is 1. The molecule has 3 aromatic rings. The van der Waals surface area contributed by atoms with Gasteiger partial charge in [0, 0.05) is 30.4 Å². The molecule has 0 atom stereocenters. The van der Waals surface area contributed by atoms with Crippen LogP contribution in [-0.4, -0.2) is 32.3 Å². The lowest BCUT2D eigenvalue weighted by Crippen LogP contribution is -2.27. The van der Waals surface area contributed by atoms with Gasteiger partial charge in [-0.3, -0.25) is 4.79 Å². The van der Waals surface area contributed by atoms with Crippen molar-refractivity contribution < 1.29 is 31.1 Å².